The highest BCUT2D eigenvalue weighted by Gasteiger charge is 2.72. The standard InChI is InChI=1S/C14H19BrO/c1-9-7-13-4-3-10(9)14(13)6-5-12(2,16-14)11(15)8-13/h7,10-11H,3-6,8H2,1-2H3/t10-,11-,12-,13+,14-/m0/s1. The Bertz CT molecular complexity index is 404. The van der Waals surface area contributed by atoms with Crippen molar-refractivity contribution in [3.8, 4) is 0 Å². The molecule has 4 aliphatic rings. The minimum atomic E-state index is 0.102. The molecule has 16 heavy (non-hydrogen) atoms. The van der Waals surface area contributed by atoms with Crippen molar-refractivity contribution in [1.82, 2.24) is 0 Å². The van der Waals surface area contributed by atoms with Crippen LogP contribution in [0, 0.1) is 11.3 Å². The van der Waals surface area contributed by atoms with Crippen LogP contribution < -0.4 is 0 Å². The van der Waals surface area contributed by atoms with Gasteiger partial charge in [0.25, 0.3) is 0 Å². The molecule has 2 heteroatoms. The average Bonchev–Trinajstić information content (AvgIpc) is 2.76. The molecular weight excluding hydrogens is 264 g/mol. The molecule has 0 radical (unpaired) electrons. The summed E-state index contributed by atoms with van der Waals surface area (Å²) in [5.41, 5.74) is 2.30. The van der Waals surface area contributed by atoms with E-state index in [4.69, 9.17) is 4.74 Å². The van der Waals surface area contributed by atoms with E-state index in [-0.39, 0.29) is 11.2 Å². The second kappa shape index (κ2) is 2.61. The first-order chi connectivity index (χ1) is 7.52. The van der Waals surface area contributed by atoms with Gasteiger partial charge in [-0.2, -0.15) is 0 Å². The minimum absolute atomic E-state index is 0.102. The van der Waals surface area contributed by atoms with Gasteiger partial charge in [0, 0.05) is 16.2 Å². The van der Waals surface area contributed by atoms with Gasteiger partial charge < -0.3 is 4.74 Å². The highest BCUT2D eigenvalue weighted by atomic mass is 79.9. The summed E-state index contributed by atoms with van der Waals surface area (Å²) in [7, 11) is 0. The Morgan fingerprint density at radius 2 is 2.19 bits per heavy atom. The summed E-state index contributed by atoms with van der Waals surface area (Å²) in [5.74, 6) is 0.731. The van der Waals surface area contributed by atoms with E-state index >= 15 is 0 Å². The Morgan fingerprint density at radius 3 is 2.94 bits per heavy atom. The Morgan fingerprint density at radius 1 is 1.38 bits per heavy atom. The number of rotatable bonds is 0. The molecule has 0 unspecified atom stereocenters. The van der Waals surface area contributed by atoms with E-state index in [0.29, 0.717) is 10.2 Å². The van der Waals surface area contributed by atoms with Crippen molar-refractivity contribution in [2.75, 3.05) is 0 Å². The SMILES string of the molecule is CC1=C[C@@]23CC[C@@H]1[C@@]21CC[C@](C)(O1)[C@@H](Br)C3. The first-order valence-corrected chi connectivity index (χ1v) is 7.47. The molecule has 1 saturated carbocycles. The molecule has 0 aromatic rings. The normalized spacial score (nSPS) is 62.3. The van der Waals surface area contributed by atoms with Crippen LogP contribution in [0.15, 0.2) is 11.6 Å². The number of hydrogen-bond donors (Lipinski definition) is 0. The second-order valence-corrected chi connectivity index (χ2v) is 7.72. The molecule has 2 aliphatic heterocycles. The summed E-state index contributed by atoms with van der Waals surface area (Å²) < 4.78 is 6.66. The molecule has 2 aliphatic carbocycles. The largest absolute Gasteiger partial charge is 0.366 e. The van der Waals surface area contributed by atoms with Crippen molar-refractivity contribution in [3.05, 3.63) is 11.6 Å². The van der Waals surface area contributed by atoms with Crippen LogP contribution in [0.5, 0.6) is 0 Å². The van der Waals surface area contributed by atoms with Gasteiger partial charge in [-0.3, -0.25) is 0 Å². The molecule has 0 aromatic carbocycles. The zero-order valence-corrected chi connectivity index (χ0v) is 11.6. The maximum atomic E-state index is 6.66. The van der Waals surface area contributed by atoms with Gasteiger partial charge in [0.1, 0.15) is 0 Å². The summed E-state index contributed by atoms with van der Waals surface area (Å²) in [6.45, 7) is 4.63. The number of halogens is 1. The van der Waals surface area contributed by atoms with Crippen LogP contribution in [0.25, 0.3) is 0 Å². The molecule has 1 spiro atoms. The molecule has 1 nitrogen and oxygen atoms in total. The topological polar surface area (TPSA) is 9.23 Å². The molecule has 0 aromatic heterocycles. The van der Waals surface area contributed by atoms with Gasteiger partial charge in [-0.05, 0) is 46.0 Å². The molecule has 4 rings (SSSR count). The van der Waals surface area contributed by atoms with Gasteiger partial charge in [-0.15, -0.1) is 0 Å². The van der Waals surface area contributed by atoms with Gasteiger partial charge >= 0.3 is 0 Å². The fourth-order valence-corrected chi connectivity index (χ4v) is 6.06. The summed E-state index contributed by atoms with van der Waals surface area (Å²) in [6.07, 6.45) is 9.09. The minimum Gasteiger partial charge on any atom is -0.366 e. The Labute approximate surface area is 106 Å². The fourth-order valence-electron chi connectivity index (χ4n) is 5.16. The molecule has 0 amide bonds. The zero-order valence-electron chi connectivity index (χ0n) is 10.1. The van der Waals surface area contributed by atoms with Crippen molar-refractivity contribution in [3.63, 3.8) is 0 Å². The Kier molecular flexibility index (Phi) is 1.65. The number of hydrogen-bond acceptors (Lipinski definition) is 1. The van der Waals surface area contributed by atoms with Crippen LogP contribution in [0.3, 0.4) is 0 Å². The first kappa shape index (κ1) is 10.1. The van der Waals surface area contributed by atoms with Gasteiger partial charge in [0.05, 0.1) is 11.2 Å². The van der Waals surface area contributed by atoms with Crippen LogP contribution in [0.4, 0.5) is 0 Å². The average molecular weight is 283 g/mol. The van der Waals surface area contributed by atoms with Crippen molar-refractivity contribution in [2.24, 2.45) is 11.3 Å². The third kappa shape index (κ3) is 0.839. The predicted molar refractivity (Wildman–Crippen MR) is 67.7 cm³/mol. The van der Waals surface area contributed by atoms with Gasteiger partial charge in [-0.1, -0.05) is 27.6 Å². The smallest absolute Gasteiger partial charge is 0.0846 e. The van der Waals surface area contributed by atoms with E-state index in [1.54, 1.807) is 5.57 Å². The van der Waals surface area contributed by atoms with Gasteiger partial charge in [0.2, 0.25) is 0 Å². The highest BCUT2D eigenvalue weighted by Crippen LogP contribution is 2.72. The number of fused-ring (bicyclic) bond motifs is 1. The molecule has 4 bridgehead atoms. The van der Waals surface area contributed by atoms with E-state index in [2.05, 4.69) is 35.9 Å². The van der Waals surface area contributed by atoms with Crippen LogP contribution in [0.2, 0.25) is 0 Å². The lowest BCUT2D eigenvalue weighted by atomic mass is 9.71. The Balaban J connectivity index is 1.90. The van der Waals surface area contributed by atoms with E-state index in [0.717, 1.165) is 5.92 Å². The van der Waals surface area contributed by atoms with Crippen molar-refractivity contribution < 1.29 is 4.74 Å². The molecule has 2 heterocycles. The third-order valence-corrected chi connectivity index (χ3v) is 7.24. The van der Waals surface area contributed by atoms with E-state index in [1.807, 2.05) is 0 Å². The van der Waals surface area contributed by atoms with Gasteiger partial charge in [0.15, 0.2) is 0 Å². The fraction of sp³-hybridized carbons (Fsp3) is 0.857. The zero-order chi connectivity index (χ0) is 11.2. The van der Waals surface area contributed by atoms with E-state index in [9.17, 15) is 0 Å². The van der Waals surface area contributed by atoms with E-state index in [1.165, 1.54) is 32.1 Å². The monoisotopic (exact) mass is 282 g/mol. The maximum absolute atomic E-state index is 6.66. The lowest BCUT2D eigenvalue weighted by Crippen LogP contribution is -2.54. The molecular formula is C14H19BrO. The summed E-state index contributed by atoms with van der Waals surface area (Å²) in [5, 5.41) is 0. The molecule has 88 valence electrons. The quantitative estimate of drug-likeness (QED) is 0.485. The molecule has 3 fully saturated rings. The Hall–Kier alpha value is 0.180. The lowest BCUT2D eigenvalue weighted by Gasteiger charge is -2.49. The van der Waals surface area contributed by atoms with Crippen molar-refractivity contribution in [1.29, 1.82) is 0 Å². The van der Waals surface area contributed by atoms with Crippen LogP contribution >= 0.6 is 15.9 Å². The van der Waals surface area contributed by atoms with Crippen LogP contribution in [-0.4, -0.2) is 16.0 Å². The second-order valence-electron chi connectivity index (χ2n) is 6.61. The number of alkyl halides is 1. The third-order valence-electron chi connectivity index (χ3n) is 5.95. The molecule has 5 atom stereocenters. The maximum Gasteiger partial charge on any atom is 0.0846 e. The van der Waals surface area contributed by atoms with Crippen LogP contribution in [0.1, 0.15) is 46.0 Å². The van der Waals surface area contributed by atoms with E-state index < -0.39 is 0 Å². The summed E-state index contributed by atoms with van der Waals surface area (Å²) in [4.78, 5) is 0.538. The molecule has 2 saturated heterocycles. The number of ether oxygens (including phenoxy) is 1. The first-order valence-electron chi connectivity index (χ1n) is 6.55. The predicted octanol–water partition coefficient (Wildman–Crippen LogP) is 3.82. The van der Waals surface area contributed by atoms with Crippen LogP contribution in [-0.2, 0) is 4.74 Å². The molecule has 0 N–H and O–H groups in total. The van der Waals surface area contributed by atoms with Crippen molar-refractivity contribution >= 4 is 15.9 Å². The lowest BCUT2D eigenvalue weighted by molar-refractivity contribution is -0.174. The highest BCUT2D eigenvalue weighted by molar-refractivity contribution is 9.09. The van der Waals surface area contributed by atoms with Crippen molar-refractivity contribution in [2.45, 2.75) is 62.0 Å². The summed E-state index contributed by atoms with van der Waals surface area (Å²) >= 11 is 3.89. The summed E-state index contributed by atoms with van der Waals surface area (Å²) in [6, 6.07) is 0. The van der Waals surface area contributed by atoms with Gasteiger partial charge in [-0.25, -0.2) is 0 Å².